The highest BCUT2D eigenvalue weighted by molar-refractivity contribution is 5.99. The lowest BCUT2D eigenvalue weighted by Crippen LogP contribution is -2.29. The van der Waals surface area contributed by atoms with Crippen molar-refractivity contribution in [3.05, 3.63) is 250 Å². The Balaban J connectivity index is 1.00. The maximum absolute atomic E-state index is 2.61. The van der Waals surface area contributed by atoms with Crippen molar-refractivity contribution in [1.29, 1.82) is 0 Å². The SMILES string of the molecule is Cc1ccccc1N(c1ccccc1)c1ccc2c3c1Cc1ccccc1N3c1cc3c(cc1C2)N1c2ccccc2Cc2c(N(c4ccccc4)c4ccccc4C)ccc(c21)C3. The zero-order valence-corrected chi connectivity index (χ0v) is 36.1. The first kappa shape index (κ1) is 36.8. The molecule has 0 bridgehead atoms. The van der Waals surface area contributed by atoms with Crippen molar-refractivity contribution in [2.45, 2.75) is 39.5 Å². The molecule has 13 rings (SSSR count). The summed E-state index contributed by atoms with van der Waals surface area (Å²) in [6, 6.07) is 72.2. The van der Waals surface area contributed by atoms with Gasteiger partial charge < -0.3 is 19.6 Å². The van der Waals surface area contributed by atoms with Gasteiger partial charge in [0.1, 0.15) is 0 Å². The standard InChI is InChI=1S/C60H46N4/c1-39-17-9-13-25-51(39)61(47-21-5-3-6-22-47)55-31-29-43-33-45-38-58-46(37-57(45)63-53-27-15-11-19-41(53)35-49(55)59(43)63)34-44-30-32-56(50-36-42-20-12-16-28-54(42)64(58)60(44)50)62(48-23-7-4-8-24-48)52-26-14-10-18-40(52)2/h3-32,37-38H,33-36H2,1-2H3. The third kappa shape index (κ3) is 5.55. The number of hydrogen-bond donors (Lipinski definition) is 0. The molecule has 4 heteroatoms. The monoisotopic (exact) mass is 822 g/mol. The molecule has 4 heterocycles. The molecule has 0 atom stereocenters. The number of aryl methyl sites for hydroxylation is 2. The van der Waals surface area contributed by atoms with Crippen LogP contribution >= 0.6 is 0 Å². The van der Waals surface area contributed by atoms with Gasteiger partial charge in [0.15, 0.2) is 0 Å². The van der Waals surface area contributed by atoms with Crippen molar-refractivity contribution in [1.82, 2.24) is 0 Å². The maximum atomic E-state index is 2.61. The number of rotatable bonds is 6. The molecular weight excluding hydrogens is 777 g/mol. The average molecular weight is 823 g/mol. The molecule has 0 aromatic heterocycles. The minimum Gasteiger partial charge on any atom is -0.310 e. The number of anilines is 12. The van der Waals surface area contributed by atoms with Gasteiger partial charge in [-0.25, -0.2) is 0 Å². The fraction of sp³-hybridized carbons (Fsp3) is 0.100. The molecule has 0 unspecified atom stereocenters. The van der Waals surface area contributed by atoms with Gasteiger partial charge in [-0.3, -0.25) is 0 Å². The predicted molar refractivity (Wildman–Crippen MR) is 266 cm³/mol. The molecule has 0 fully saturated rings. The highest BCUT2D eigenvalue weighted by Crippen LogP contribution is 2.59. The van der Waals surface area contributed by atoms with Crippen molar-refractivity contribution in [2.75, 3.05) is 19.6 Å². The molecule has 0 radical (unpaired) electrons. The van der Waals surface area contributed by atoms with Crippen LogP contribution in [0.2, 0.25) is 0 Å². The first-order valence-corrected chi connectivity index (χ1v) is 22.6. The van der Waals surface area contributed by atoms with E-state index in [0.29, 0.717) is 0 Å². The summed E-state index contributed by atoms with van der Waals surface area (Å²) in [6.07, 6.45) is 3.46. The minimum atomic E-state index is 0.865. The van der Waals surface area contributed by atoms with Crippen molar-refractivity contribution in [3.63, 3.8) is 0 Å². The molecule has 64 heavy (non-hydrogen) atoms. The zero-order chi connectivity index (χ0) is 42.5. The molecule has 0 amide bonds. The molecule has 0 saturated heterocycles. The molecule has 306 valence electrons. The summed E-state index contributed by atoms with van der Waals surface area (Å²) < 4.78 is 0. The minimum absolute atomic E-state index is 0.865. The van der Waals surface area contributed by atoms with E-state index in [0.717, 1.165) is 37.1 Å². The highest BCUT2D eigenvalue weighted by Gasteiger charge is 2.39. The summed E-state index contributed by atoms with van der Waals surface area (Å²) in [6.45, 7) is 4.45. The van der Waals surface area contributed by atoms with Crippen LogP contribution in [0.4, 0.5) is 68.2 Å². The van der Waals surface area contributed by atoms with Gasteiger partial charge in [-0.05, 0) is 131 Å². The largest absolute Gasteiger partial charge is 0.310 e. The zero-order valence-electron chi connectivity index (χ0n) is 36.1. The van der Waals surface area contributed by atoms with Gasteiger partial charge in [0.25, 0.3) is 0 Å². The van der Waals surface area contributed by atoms with Gasteiger partial charge in [-0.2, -0.15) is 0 Å². The second kappa shape index (κ2) is 14.4. The van der Waals surface area contributed by atoms with E-state index in [4.69, 9.17) is 0 Å². The summed E-state index contributed by atoms with van der Waals surface area (Å²) in [5.41, 5.74) is 28.4. The molecular formula is C60H46N4. The van der Waals surface area contributed by atoms with Crippen molar-refractivity contribution >= 4 is 68.2 Å². The van der Waals surface area contributed by atoms with Gasteiger partial charge in [-0.1, -0.05) is 121 Å². The van der Waals surface area contributed by atoms with E-state index in [2.05, 4.69) is 228 Å². The van der Waals surface area contributed by atoms with Crippen LogP contribution in [0.25, 0.3) is 0 Å². The van der Waals surface area contributed by atoms with Crippen LogP contribution in [0.5, 0.6) is 0 Å². The van der Waals surface area contributed by atoms with Crippen molar-refractivity contribution in [3.8, 4) is 0 Å². The van der Waals surface area contributed by atoms with E-state index in [1.54, 1.807) is 0 Å². The Morgan fingerprint density at radius 1 is 0.312 bits per heavy atom. The van der Waals surface area contributed by atoms with E-state index < -0.39 is 0 Å². The lowest BCUT2D eigenvalue weighted by Gasteiger charge is -2.44. The van der Waals surface area contributed by atoms with E-state index >= 15 is 0 Å². The summed E-state index contributed by atoms with van der Waals surface area (Å²) >= 11 is 0. The molecule has 0 aliphatic carbocycles. The average Bonchev–Trinajstić information content (AvgIpc) is 3.34. The fourth-order valence-electron chi connectivity index (χ4n) is 11.2. The Morgan fingerprint density at radius 3 is 1.14 bits per heavy atom. The molecule has 4 aliphatic rings. The van der Waals surface area contributed by atoms with Crippen LogP contribution in [0.15, 0.2) is 194 Å². The van der Waals surface area contributed by atoms with Gasteiger partial charge in [0.05, 0.1) is 34.1 Å². The third-order valence-electron chi connectivity index (χ3n) is 14.1. The topological polar surface area (TPSA) is 13.0 Å². The van der Waals surface area contributed by atoms with E-state index in [1.165, 1.54) is 113 Å². The Morgan fingerprint density at radius 2 is 0.703 bits per heavy atom. The Kier molecular flexibility index (Phi) is 8.26. The Hall–Kier alpha value is -7.82. The van der Waals surface area contributed by atoms with E-state index in [1.807, 2.05) is 0 Å². The number of hydrogen-bond acceptors (Lipinski definition) is 4. The van der Waals surface area contributed by atoms with Gasteiger partial charge in [-0.15, -0.1) is 0 Å². The predicted octanol–water partition coefficient (Wildman–Crippen LogP) is 15.8. The molecule has 9 aromatic rings. The number of fused-ring (bicyclic) bond motifs is 8. The highest BCUT2D eigenvalue weighted by atomic mass is 15.2. The van der Waals surface area contributed by atoms with Crippen LogP contribution in [0.1, 0.15) is 55.6 Å². The molecule has 4 nitrogen and oxygen atoms in total. The van der Waals surface area contributed by atoms with Gasteiger partial charge in [0.2, 0.25) is 0 Å². The first-order chi connectivity index (χ1) is 31.6. The molecule has 4 aliphatic heterocycles. The molecule has 0 spiro atoms. The molecule has 0 saturated carbocycles. The second-order valence-corrected chi connectivity index (χ2v) is 17.8. The number of benzene rings is 9. The maximum Gasteiger partial charge on any atom is 0.0553 e. The second-order valence-electron chi connectivity index (χ2n) is 17.8. The first-order valence-electron chi connectivity index (χ1n) is 22.6. The smallest absolute Gasteiger partial charge is 0.0553 e. The lowest BCUT2D eigenvalue weighted by molar-refractivity contribution is 0.977. The van der Waals surface area contributed by atoms with Crippen LogP contribution in [-0.2, 0) is 25.7 Å². The van der Waals surface area contributed by atoms with Crippen molar-refractivity contribution < 1.29 is 0 Å². The third-order valence-corrected chi connectivity index (χ3v) is 14.1. The van der Waals surface area contributed by atoms with Crippen LogP contribution in [-0.4, -0.2) is 0 Å². The molecule has 0 N–H and O–H groups in total. The quantitative estimate of drug-likeness (QED) is 0.166. The van der Waals surface area contributed by atoms with Crippen LogP contribution < -0.4 is 19.6 Å². The Bertz CT molecular complexity index is 3110. The van der Waals surface area contributed by atoms with Crippen molar-refractivity contribution in [2.24, 2.45) is 0 Å². The van der Waals surface area contributed by atoms with E-state index in [9.17, 15) is 0 Å². The van der Waals surface area contributed by atoms with Crippen LogP contribution in [0.3, 0.4) is 0 Å². The summed E-state index contributed by atoms with van der Waals surface area (Å²) in [5, 5.41) is 0. The number of para-hydroxylation sites is 6. The van der Waals surface area contributed by atoms with Gasteiger partial charge >= 0.3 is 0 Å². The summed E-state index contributed by atoms with van der Waals surface area (Å²) in [5.74, 6) is 0. The van der Waals surface area contributed by atoms with Gasteiger partial charge in [0, 0.05) is 70.9 Å². The normalized spacial score (nSPS) is 13.5. The summed E-state index contributed by atoms with van der Waals surface area (Å²) in [4.78, 5) is 10.2. The molecule has 9 aromatic carbocycles. The van der Waals surface area contributed by atoms with E-state index in [-0.39, 0.29) is 0 Å². The number of nitrogens with zero attached hydrogens (tertiary/aromatic N) is 4. The fourth-order valence-corrected chi connectivity index (χ4v) is 11.2. The van der Waals surface area contributed by atoms with Crippen LogP contribution in [0, 0.1) is 13.8 Å². The Labute approximate surface area is 375 Å². The summed E-state index contributed by atoms with van der Waals surface area (Å²) in [7, 11) is 0. The lowest BCUT2D eigenvalue weighted by atomic mass is 9.81.